The Hall–Kier alpha value is -1.01. The Morgan fingerprint density at radius 3 is 2.35 bits per heavy atom. The minimum Gasteiger partial charge on any atom is -0.491 e. The van der Waals surface area contributed by atoms with E-state index < -0.39 is 0 Å². The number of ether oxygens (including phenoxy) is 1. The molecular weight excluding hydrogens is 365 g/mol. The Balaban J connectivity index is 1.90. The van der Waals surface area contributed by atoms with Crippen LogP contribution in [-0.4, -0.2) is 6.10 Å². The molecule has 0 saturated heterocycles. The van der Waals surface area contributed by atoms with E-state index in [9.17, 15) is 0 Å². The van der Waals surface area contributed by atoms with E-state index in [0.717, 1.165) is 21.8 Å². The molecule has 1 aromatic carbocycles. The standard InChI is InChI=1S/C16H20INO2/c1-11(2)19-14-6-4-13(5-7-14)12(3)18-10-15-8-9-16(17)20-15/h4-9,11-12,18H,10H2,1-3H3. The van der Waals surface area contributed by atoms with Crippen LogP contribution >= 0.6 is 22.6 Å². The highest BCUT2D eigenvalue weighted by atomic mass is 127. The molecule has 0 fully saturated rings. The third-order valence-corrected chi connectivity index (χ3v) is 3.54. The first-order chi connectivity index (χ1) is 9.54. The number of hydrogen-bond acceptors (Lipinski definition) is 3. The summed E-state index contributed by atoms with van der Waals surface area (Å²) in [6.07, 6.45) is 0.206. The number of rotatable bonds is 6. The Labute approximate surface area is 133 Å². The molecule has 2 rings (SSSR count). The largest absolute Gasteiger partial charge is 0.491 e. The Morgan fingerprint density at radius 1 is 1.10 bits per heavy atom. The summed E-state index contributed by atoms with van der Waals surface area (Å²) in [5, 5.41) is 3.45. The lowest BCUT2D eigenvalue weighted by Crippen LogP contribution is -2.17. The summed E-state index contributed by atoms with van der Waals surface area (Å²) in [7, 11) is 0. The Kier molecular flexibility index (Phi) is 5.48. The van der Waals surface area contributed by atoms with Crippen molar-refractivity contribution in [3.8, 4) is 5.75 Å². The van der Waals surface area contributed by atoms with Gasteiger partial charge in [0.05, 0.1) is 12.6 Å². The van der Waals surface area contributed by atoms with Crippen LogP contribution < -0.4 is 10.1 Å². The predicted molar refractivity (Wildman–Crippen MR) is 88.9 cm³/mol. The lowest BCUT2D eigenvalue weighted by molar-refractivity contribution is 0.242. The van der Waals surface area contributed by atoms with E-state index in [0.29, 0.717) is 0 Å². The zero-order chi connectivity index (χ0) is 14.5. The second kappa shape index (κ2) is 7.13. The maximum atomic E-state index is 5.64. The van der Waals surface area contributed by atoms with Crippen LogP contribution in [0.5, 0.6) is 5.75 Å². The minimum absolute atomic E-state index is 0.206. The summed E-state index contributed by atoms with van der Waals surface area (Å²) in [6.45, 7) is 6.94. The highest BCUT2D eigenvalue weighted by molar-refractivity contribution is 14.1. The van der Waals surface area contributed by atoms with Gasteiger partial charge in [-0.15, -0.1) is 0 Å². The van der Waals surface area contributed by atoms with Crippen molar-refractivity contribution in [1.82, 2.24) is 5.32 Å². The van der Waals surface area contributed by atoms with Crippen LogP contribution in [0.2, 0.25) is 0 Å². The second-order valence-electron chi connectivity index (χ2n) is 5.04. The van der Waals surface area contributed by atoms with E-state index in [1.54, 1.807) is 0 Å². The van der Waals surface area contributed by atoms with Crippen LogP contribution in [0.3, 0.4) is 0 Å². The van der Waals surface area contributed by atoms with Crippen molar-refractivity contribution < 1.29 is 9.15 Å². The molecule has 0 spiro atoms. The zero-order valence-corrected chi connectivity index (χ0v) is 14.2. The van der Waals surface area contributed by atoms with Crippen LogP contribution in [0.1, 0.15) is 38.1 Å². The monoisotopic (exact) mass is 385 g/mol. The molecule has 1 aromatic heterocycles. The van der Waals surface area contributed by atoms with Gasteiger partial charge >= 0.3 is 0 Å². The molecule has 20 heavy (non-hydrogen) atoms. The second-order valence-corrected chi connectivity index (χ2v) is 6.11. The van der Waals surface area contributed by atoms with Crippen molar-refractivity contribution in [2.45, 2.75) is 39.5 Å². The molecule has 1 heterocycles. The molecule has 0 bridgehead atoms. The van der Waals surface area contributed by atoms with E-state index in [-0.39, 0.29) is 12.1 Å². The summed E-state index contributed by atoms with van der Waals surface area (Å²) in [4.78, 5) is 0. The average molecular weight is 385 g/mol. The molecule has 1 unspecified atom stereocenters. The summed E-state index contributed by atoms with van der Waals surface area (Å²) in [6, 6.07) is 12.5. The number of hydrogen-bond donors (Lipinski definition) is 1. The quantitative estimate of drug-likeness (QED) is 0.743. The van der Waals surface area contributed by atoms with Crippen LogP contribution in [0.25, 0.3) is 0 Å². The third kappa shape index (κ3) is 4.52. The van der Waals surface area contributed by atoms with Crippen molar-refractivity contribution in [3.05, 3.63) is 51.5 Å². The van der Waals surface area contributed by atoms with E-state index >= 15 is 0 Å². The molecule has 0 saturated carbocycles. The first-order valence-electron chi connectivity index (χ1n) is 6.79. The van der Waals surface area contributed by atoms with Gasteiger partial charge < -0.3 is 14.5 Å². The third-order valence-electron chi connectivity index (χ3n) is 2.96. The molecular formula is C16H20INO2. The van der Waals surface area contributed by atoms with E-state index in [1.165, 1.54) is 5.56 Å². The van der Waals surface area contributed by atoms with Gasteiger partial charge in [-0.05, 0) is 73.2 Å². The van der Waals surface area contributed by atoms with E-state index in [1.807, 2.05) is 38.1 Å². The van der Waals surface area contributed by atoms with Crippen molar-refractivity contribution in [1.29, 1.82) is 0 Å². The topological polar surface area (TPSA) is 34.4 Å². The molecule has 1 N–H and O–H groups in total. The van der Waals surface area contributed by atoms with Gasteiger partial charge in [-0.3, -0.25) is 0 Å². The zero-order valence-electron chi connectivity index (χ0n) is 12.0. The fourth-order valence-corrected chi connectivity index (χ4v) is 2.39. The van der Waals surface area contributed by atoms with Crippen molar-refractivity contribution >= 4 is 22.6 Å². The molecule has 108 valence electrons. The molecule has 4 heteroatoms. The van der Waals surface area contributed by atoms with Crippen LogP contribution in [0, 0.1) is 3.77 Å². The lowest BCUT2D eigenvalue weighted by atomic mass is 10.1. The van der Waals surface area contributed by atoms with Gasteiger partial charge in [0.2, 0.25) is 0 Å². The van der Waals surface area contributed by atoms with Gasteiger partial charge in [0, 0.05) is 6.04 Å². The van der Waals surface area contributed by atoms with E-state index in [2.05, 4.69) is 47.0 Å². The van der Waals surface area contributed by atoms with Gasteiger partial charge in [0.15, 0.2) is 3.77 Å². The first-order valence-corrected chi connectivity index (χ1v) is 7.86. The normalized spacial score (nSPS) is 12.7. The summed E-state index contributed by atoms with van der Waals surface area (Å²) < 4.78 is 12.1. The molecule has 2 aromatic rings. The highest BCUT2D eigenvalue weighted by Crippen LogP contribution is 2.19. The first kappa shape index (κ1) is 15.4. The molecule has 0 radical (unpaired) electrons. The lowest BCUT2D eigenvalue weighted by Gasteiger charge is -2.15. The molecule has 0 aliphatic heterocycles. The fraction of sp³-hybridized carbons (Fsp3) is 0.375. The number of benzene rings is 1. The van der Waals surface area contributed by atoms with Gasteiger partial charge in [-0.1, -0.05) is 12.1 Å². The van der Waals surface area contributed by atoms with Crippen LogP contribution in [0.4, 0.5) is 0 Å². The summed E-state index contributed by atoms with van der Waals surface area (Å²) in [5.41, 5.74) is 1.24. The van der Waals surface area contributed by atoms with Crippen molar-refractivity contribution in [3.63, 3.8) is 0 Å². The maximum absolute atomic E-state index is 5.64. The average Bonchev–Trinajstić information content (AvgIpc) is 2.82. The molecule has 0 aliphatic carbocycles. The van der Waals surface area contributed by atoms with E-state index in [4.69, 9.17) is 9.15 Å². The van der Waals surface area contributed by atoms with Gasteiger partial charge in [-0.2, -0.15) is 0 Å². The van der Waals surface area contributed by atoms with Gasteiger partial charge in [0.25, 0.3) is 0 Å². The maximum Gasteiger partial charge on any atom is 0.164 e. The minimum atomic E-state index is 0.206. The van der Waals surface area contributed by atoms with Crippen LogP contribution in [0.15, 0.2) is 40.8 Å². The molecule has 1 atom stereocenters. The van der Waals surface area contributed by atoms with Crippen LogP contribution in [-0.2, 0) is 6.54 Å². The number of nitrogens with one attached hydrogen (secondary N) is 1. The Morgan fingerprint density at radius 2 is 1.80 bits per heavy atom. The molecule has 3 nitrogen and oxygen atoms in total. The number of halogens is 1. The molecule has 0 amide bonds. The smallest absolute Gasteiger partial charge is 0.164 e. The summed E-state index contributed by atoms with van der Waals surface area (Å²) >= 11 is 2.17. The fourth-order valence-electron chi connectivity index (χ4n) is 1.93. The van der Waals surface area contributed by atoms with Crippen molar-refractivity contribution in [2.24, 2.45) is 0 Å². The predicted octanol–water partition coefficient (Wildman–Crippen LogP) is 4.52. The SMILES string of the molecule is CC(C)Oc1ccc(C(C)NCc2ccc(I)o2)cc1. The van der Waals surface area contributed by atoms with Crippen molar-refractivity contribution in [2.75, 3.05) is 0 Å². The Bertz CT molecular complexity index is 534. The van der Waals surface area contributed by atoms with Gasteiger partial charge in [0.1, 0.15) is 11.5 Å². The van der Waals surface area contributed by atoms with Gasteiger partial charge in [-0.25, -0.2) is 0 Å². The summed E-state index contributed by atoms with van der Waals surface area (Å²) in [5.74, 6) is 1.87. The highest BCUT2D eigenvalue weighted by Gasteiger charge is 2.07. The molecule has 0 aliphatic rings. The number of furan rings is 1.